The van der Waals surface area contributed by atoms with Crippen molar-refractivity contribution in [2.45, 2.75) is 232 Å². The van der Waals surface area contributed by atoms with Gasteiger partial charge in [-0.1, -0.05) is 141 Å². The van der Waals surface area contributed by atoms with E-state index in [1.807, 2.05) is 19.0 Å². The first-order valence-corrected chi connectivity index (χ1v) is 25.6. The van der Waals surface area contributed by atoms with Crippen molar-refractivity contribution in [3.8, 4) is 0 Å². The zero-order chi connectivity index (χ0) is 45.8. The van der Waals surface area contributed by atoms with Crippen LogP contribution in [0.15, 0.2) is 33.9 Å². The Morgan fingerprint density at radius 3 is 1.65 bits per heavy atom. The molecule has 1 aliphatic carbocycles. The van der Waals surface area contributed by atoms with Crippen LogP contribution in [0, 0.1) is 0 Å². The molecule has 0 aliphatic heterocycles. The van der Waals surface area contributed by atoms with Crippen LogP contribution >= 0.6 is 0 Å². The normalized spacial score (nSPS) is 16.8. The van der Waals surface area contributed by atoms with E-state index in [2.05, 4.69) is 55.7 Å². The van der Waals surface area contributed by atoms with Gasteiger partial charge in [0, 0.05) is 64.4 Å². The zero-order valence-electron chi connectivity index (χ0n) is 40.7. The molecule has 0 amide bonds. The highest BCUT2D eigenvalue weighted by Crippen LogP contribution is 2.29. The molecule has 0 saturated heterocycles. The summed E-state index contributed by atoms with van der Waals surface area (Å²) in [5, 5.41) is 6.38. The van der Waals surface area contributed by atoms with Crippen LogP contribution in [0.3, 0.4) is 0 Å². The molecule has 0 heterocycles. The number of hydrogen-bond donors (Lipinski definition) is 2. The number of hydrogen-bond acceptors (Lipinski definition) is 11. The summed E-state index contributed by atoms with van der Waals surface area (Å²) in [5.74, 6) is -0.614. The number of nitrogens with zero attached hydrogens (tertiary/aromatic N) is 1. The number of esters is 2. The van der Waals surface area contributed by atoms with E-state index in [4.69, 9.17) is 18.9 Å². The summed E-state index contributed by atoms with van der Waals surface area (Å²) in [4.78, 5) is 53.7. The van der Waals surface area contributed by atoms with Gasteiger partial charge < -0.3 is 34.5 Å². The summed E-state index contributed by atoms with van der Waals surface area (Å²) in [6.07, 6.45) is 35.9. The molecule has 1 aliphatic rings. The number of likely N-dealkylation sites (N-methyl/N-ethyl adjacent to an activating group) is 1. The van der Waals surface area contributed by atoms with Gasteiger partial charge in [0.05, 0.1) is 6.42 Å². The van der Waals surface area contributed by atoms with Gasteiger partial charge in [-0.25, -0.2) is 0 Å². The Labute approximate surface area is 383 Å². The predicted octanol–water partition coefficient (Wildman–Crippen LogP) is 11.7. The summed E-state index contributed by atoms with van der Waals surface area (Å²) in [7, 11) is 3.88. The van der Waals surface area contributed by atoms with Crippen molar-refractivity contribution in [2.75, 3.05) is 51.0 Å². The van der Waals surface area contributed by atoms with Crippen LogP contribution in [0.25, 0.3) is 0 Å². The van der Waals surface area contributed by atoms with Crippen LogP contribution in [-0.4, -0.2) is 81.8 Å². The second kappa shape index (κ2) is 37.2. The van der Waals surface area contributed by atoms with E-state index in [1.54, 1.807) is 0 Å². The van der Waals surface area contributed by atoms with Crippen molar-refractivity contribution < 1.29 is 28.5 Å². The highest BCUT2D eigenvalue weighted by Gasteiger charge is 2.35. The Morgan fingerprint density at radius 2 is 1.08 bits per heavy atom. The number of nitrogens with one attached hydrogen (secondary N) is 2. The molecule has 3 atom stereocenters. The topological polar surface area (TPSA) is 133 Å². The first kappa shape index (κ1) is 56.1. The van der Waals surface area contributed by atoms with Crippen LogP contribution < -0.4 is 21.5 Å². The van der Waals surface area contributed by atoms with Gasteiger partial charge in [-0.15, -0.1) is 0 Å². The smallest absolute Gasteiger partial charge is 0.306 e. The molecule has 1 aromatic rings. The van der Waals surface area contributed by atoms with Crippen LogP contribution in [0.2, 0.25) is 0 Å². The third kappa shape index (κ3) is 27.8. The maximum absolute atomic E-state index is 13.4. The quantitative estimate of drug-likeness (QED) is 0.0214. The molecule has 3 unspecified atom stereocenters. The number of rotatable bonds is 41. The van der Waals surface area contributed by atoms with Crippen molar-refractivity contribution in [3.63, 3.8) is 0 Å². The van der Waals surface area contributed by atoms with Crippen molar-refractivity contribution in [1.82, 2.24) is 4.90 Å². The van der Waals surface area contributed by atoms with Gasteiger partial charge >= 0.3 is 11.9 Å². The molecule has 0 aromatic heterocycles. The first-order valence-electron chi connectivity index (χ1n) is 25.6. The Bertz CT molecular complexity index is 1420. The van der Waals surface area contributed by atoms with Crippen molar-refractivity contribution in [1.29, 1.82) is 0 Å². The average molecular weight is 886 g/mol. The van der Waals surface area contributed by atoms with Gasteiger partial charge in [0.15, 0.2) is 6.29 Å². The van der Waals surface area contributed by atoms with Crippen molar-refractivity contribution in [3.05, 3.63) is 44.8 Å². The van der Waals surface area contributed by atoms with Gasteiger partial charge in [-0.2, -0.15) is 0 Å². The van der Waals surface area contributed by atoms with Crippen molar-refractivity contribution >= 4 is 23.3 Å². The minimum absolute atomic E-state index is 0.141. The lowest BCUT2D eigenvalue weighted by molar-refractivity contribution is -0.166. The van der Waals surface area contributed by atoms with E-state index < -0.39 is 29.4 Å². The second-order valence-electron chi connectivity index (χ2n) is 18.1. The number of allylic oxidation sites excluding steroid dienone is 4. The fourth-order valence-electron chi connectivity index (χ4n) is 8.05. The lowest BCUT2D eigenvalue weighted by atomic mass is 9.89. The highest BCUT2D eigenvalue weighted by atomic mass is 16.7. The van der Waals surface area contributed by atoms with E-state index in [0.717, 1.165) is 70.6 Å². The molecule has 2 N–H and O–H groups in total. The van der Waals surface area contributed by atoms with E-state index in [9.17, 15) is 19.2 Å². The molecule has 11 nitrogen and oxygen atoms in total. The monoisotopic (exact) mass is 886 g/mol. The number of carbonyl (C=O) groups is 2. The summed E-state index contributed by atoms with van der Waals surface area (Å²) in [6, 6.07) is -0.336. The maximum atomic E-state index is 13.4. The summed E-state index contributed by atoms with van der Waals surface area (Å²) < 4.78 is 24.4. The van der Waals surface area contributed by atoms with E-state index in [0.29, 0.717) is 58.4 Å². The molecule has 0 spiro atoms. The van der Waals surface area contributed by atoms with Crippen LogP contribution in [0.4, 0.5) is 11.4 Å². The molecule has 1 saturated carbocycles. The second-order valence-corrected chi connectivity index (χ2v) is 18.1. The third-order valence-corrected chi connectivity index (χ3v) is 11.9. The van der Waals surface area contributed by atoms with Gasteiger partial charge in [0.1, 0.15) is 23.6 Å². The van der Waals surface area contributed by atoms with E-state index >= 15 is 0 Å². The molecule has 1 aromatic carbocycles. The molecule has 2 rings (SSSR count). The van der Waals surface area contributed by atoms with Gasteiger partial charge in [0.2, 0.25) is 0 Å². The fourth-order valence-corrected chi connectivity index (χ4v) is 8.05. The fraction of sp³-hybridized carbons (Fsp3) is 0.808. The minimum Gasteiger partial charge on any atom is -0.462 e. The summed E-state index contributed by atoms with van der Waals surface area (Å²) in [5.41, 5.74) is -0.575. The Morgan fingerprint density at radius 1 is 0.603 bits per heavy atom. The molecular weight excluding hydrogens is 795 g/mol. The van der Waals surface area contributed by atoms with Gasteiger partial charge in [-0.3, -0.25) is 19.2 Å². The largest absolute Gasteiger partial charge is 0.462 e. The minimum atomic E-state index is -0.565. The zero-order valence-corrected chi connectivity index (χ0v) is 40.7. The predicted molar refractivity (Wildman–Crippen MR) is 260 cm³/mol. The maximum Gasteiger partial charge on any atom is 0.306 e. The number of ether oxygens (including phenoxy) is 4. The van der Waals surface area contributed by atoms with E-state index in [-0.39, 0.29) is 35.8 Å². The van der Waals surface area contributed by atoms with Crippen LogP contribution in [-0.2, 0) is 28.5 Å². The standard InChI is InChI=1S/C52H91N3O8/c1-6-9-12-15-18-19-20-21-22-23-24-25-26-27-30-33-46(56)62-44-40-43(54-50-49(51(58)52(50)59)53-36-37-55(4)5)41-45(42-44)63-47(57)34-35-48(60-38-31-28-16-13-10-7-2)61-39-32-29-17-14-11-8-3/h18-19,21-22,43-45,48,53-54H,6-17,20,23-42H2,1-5H3/b19-18-,22-21-. The highest BCUT2D eigenvalue weighted by molar-refractivity contribution is 5.74. The average Bonchev–Trinajstić information content (AvgIpc) is 3.26. The summed E-state index contributed by atoms with van der Waals surface area (Å²) in [6.45, 7) is 9.08. The molecule has 0 radical (unpaired) electrons. The Hall–Kier alpha value is -3.02. The SMILES string of the molecule is CCCCC/C=C\C/C=C\CCCCCCCC(=O)OC1CC(Nc2c(NCCN(C)C)c(=O)c2=O)CC(OC(=O)CCC(OCCCCCCCC)OCCCCCCCC)C1. The number of carbonyl (C=O) groups excluding carboxylic acids is 2. The molecule has 362 valence electrons. The molecule has 0 bridgehead atoms. The number of unbranched alkanes of at least 4 members (excludes halogenated alkanes) is 18. The molecule has 11 heteroatoms. The molecule has 63 heavy (non-hydrogen) atoms. The first-order chi connectivity index (χ1) is 30.7. The lowest BCUT2D eigenvalue weighted by Gasteiger charge is -2.35. The van der Waals surface area contributed by atoms with E-state index in [1.165, 1.54) is 77.0 Å². The van der Waals surface area contributed by atoms with Gasteiger partial charge in [-0.05, 0) is 65.5 Å². The third-order valence-electron chi connectivity index (χ3n) is 11.9. The number of anilines is 2. The van der Waals surface area contributed by atoms with Crippen LogP contribution in [0.1, 0.15) is 207 Å². The van der Waals surface area contributed by atoms with Crippen molar-refractivity contribution in [2.24, 2.45) is 0 Å². The Balaban J connectivity index is 1.92. The molecular formula is C52H91N3O8. The van der Waals surface area contributed by atoms with Gasteiger partial charge in [0.25, 0.3) is 10.9 Å². The summed E-state index contributed by atoms with van der Waals surface area (Å²) >= 11 is 0. The Kier molecular flexibility index (Phi) is 33.2. The molecule has 1 fully saturated rings. The van der Waals surface area contributed by atoms with Crippen LogP contribution in [0.5, 0.6) is 0 Å². The lowest BCUT2D eigenvalue weighted by Crippen LogP contribution is -2.45.